The average Bonchev–Trinajstić information content (AvgIpc) is 3.42. The van der Waals surface area contributed by atoms with Crippen molar-refractivity contribution < 1.29 is 9.47 Å². The lowest BCUT2D eigenvalue weighted by atomic mass is 10.2. The van der Waals surface area contributed by atoms with E-state index in [1.165, 1.54) is 5.56 Å². The van der Waals surface area contributed by atoms with Crippen LogP contribution >= 0.6 is 0 Å². The average molecular weight is 406 g/mol. The molecule has 0 saturated heterocycles. The summed E-state index contributed by atoms with van der Waals surface area (Å²) in [6.07, 6.45) is 4.70. The number of guanidine groups is 1. The number of fused-ring (bicyclic) bond motifs is 1. The molecule has 1 aliphatic rings. The molecule has 7 heteroatoms. The normalized spacial score (nSPS) is 12.8. The predicted octanol–water partition coefficient (Wildman–Crippen LogP) is 2.96. The summed E-state index contributed by atoms with van der Waals surface area (Å²) in [5, 5.41) is 6.70. The zero-order valence-corrected chi connectivity index (χ0v) is 17.2. The molecule has 1 aliphatic heterocycles. The van der Waals surface area contributed by atoms with Crippen molar-refractivity contribution in [2.24, 2.45) is 4.99 Å². The van der Waals surface area contributed by atoms with Gasteiger partial charge >= 0.3 is 0 Å². The van der Waals surface area contributed by atoms with E-state index in [9.17, 15) is 0 Å². The summed E-state index contributed by atoms with van der Waals surface area (Å²) in [5.74, 6) is 3.42. The lowest BCUT2D eigenvalue weighted by Crippen LogP contribution is -2.38. The van der Waals surface area contributed by atoms with Crippen LogP contribution in [0.15, 0.2) is 65.9 Å². The maximum absolute atomic E-state index is 5.44. The van der Waals surface area contributed by atoms with Gasteiger partial charge in [0.25, 0.3) is 0 Å². The molecule has 3 aromatic rings. The van der Waals surface area contributed by atoms with Gasteiger partial charge in [0.2, 0.25) is 6.79 Å². The monoisotopic (exact) mass is 405 g/mol. The van der Waals surface area contributed by atoms with E-state index in [1.807, 2.05) is 36.7 Å². The Bertz CT molecular complexity index is 984. The summed E-state index contributed by atoms with van der Waals surface area (Å²) in [5.41, 5.74) is 2.35. The van der Waals surface area contributed by atoms with E-state index in [0.29, 0.717) is 6.54 Å². The van der Waals surface area contributed by atoms with Gasteiger partial charge in [-0.15, -0.1) is 0 Å². The van der Waals surface area contributed by atoms with Gasteiger partial charge in [0.1, 0.15) is 5.82 Å². The number of benzene rings is 2. The Morgan fingerprint density at radius 3 is 2.80 bits per heavy atom. The Morgan fingerprint density at radius 1 is 1.07 bits per heavy atom. The molecule has 0 spiro atoms. The number of ether oxygens (including phenoxy) is 2. The summed E-state index contributed by atoms with van der Waals surface area (Å²) >= 11 is 0. The molecular formula is C23H27N5O2. The van der Waals surface area contributed by atoms with Crippen LogP contribution in [0.4, 0.5) is 0 Å². The number of aromatic nitrogens is 2. The third-order valence-corrected chi connectivity index (χ3v) is 4.84. The Hall–Kier alpha value is -3.48. The fraction of sp³-hybridized carbons (Fsp3) is 0.304. The second-order valence-corrected chi connectivity index (χ2v) is 7.02. The van der Waals surface area contributed by atoms with Crippen molar-refractivity contribution in [3.8, 4) is 11.5 Å². The smallest absolute Gasteiger partial charge is 0.231 e. The Labute approximate surface area is 176 Å². The molecule has 0 atom stereocenters. The molecule has 7 nitrogen and oxygen atoms in total. The molecule has 2 heterocycles. The van der Waals surface area contributed by atoms with E-state index < -0.39 is 0 Å². The van der Waals surface area contributed by atoms with E-state index in [0.717, 1.165) is 54.9 Å². The van der Waals surface area contributed by atoms with Gasteiger partial charge in [0.15, 0.2) is 17.5 Å². The number of hydrogen-bond acceptors (Lipinski definition) is 4. The standard InChI is InChI=1S/C23H27N5O2/c1-2-24-23(27-15-19-8-9-20-21(14-19)30-17-29-20)26-11-10-22-25-12-13-28(22)16-18-6-4-3-5-7-18/h3-9,12-14H,2,10-11,15-17H2,1H3,(H2,24,26,27). The molecule has 0 unspecified atom stereocenters. The molecule has 4 rings (SSSR count). The van der Waals surface area contributed by atoms with Crippen LogP contribution in [0, 0.1) is 0 Å². The molecule has 2 aromatic carbocycles. The molecule has 156 valence electrons. The molecule has 0 aliphatic carbocycles. The van der Waals surface area contributed by atoms with Gasteiger partial charge in [0, 0.05) is 38.4 Å². The van der Waals surface area contributed by atoms with E-state index in [4.69, 9.17) is 9.47 Å². The van der Waals surface area contributed by atoms with Gasteiger partial charge < -0.3 is 24.7 Å². The van der Waals surface area contributed by atoms with E-state index in [1.54, 1.807) is 0 Å². The summed E-state index contributed by atoms with van der Waals surface area (Å²) in [4.78, 5) is 9.21. The fourth-order valence-electron chi connectivity index (χ4n) is 3.34. The van der Waals surface area contributed by atoms with Crippen LogP contribution in [0.25, 0.3) is 0 Å². The number of aliphatic imine (C=N–C) groups is 1. The first-order valence-corrected chi connectivity index (χ1v) is 10.3. The minimum atomic E-state index is 0.284. The number of hydrogen-bond donors (Lipinski definition) is 2. The van der Waals surface area contributed by atoms with Gasteiger partial charge in [-0.2, -0.15) is 0 Å². The lowest BCUT2D eigenvalue weighted by Gasteiger charge is -2.12. The number of nitrogens with one attached hydrogen (secondary N) is 2. The highest BCUT2D eigenvalue weighted by molar-refractivity contribution is 5.79. The maximum Gasteiger partial charge on any atom is 0.231 e. The SMILES string of the molecule is CCNC(=NCc1ccc2c(c1)OCO2)NCCc1nccn1Cc1ccccc1. The van der Waals surface area contributed by atoms with Gasteiger partial charge in [-0.25, -0.2) is 9.98 Å². The van der Waals surface area contributed by atoms with Crippen molar-refractivity contribution in [2.45, 2.75) is 26.4 Å². The van der Waals surface area contributed by atoms with E-state index in [-0.39, 0.29) is 6.79 Å². The van der Waals surface area contributed by atoms with Crippen LogP contribution in [0.1, 0.15) is 23.9 Å². The van der Waals surface area contributed by atoms with E-state index >= 15 is 0 Å². The Kier molecular flexibility index (Phi) is 6.49. The molecule has 1 aromatic heterocycles. The number of nitrogens with zero attached hydrogens (tertiary/aromatic N) is 3. The molecule has 0 bridgehead atoms. The molecule has 0 saturated carbocycles. The van der Waals surface area contributed by atoms with Crippen molar-refractivity contribution in [1.29, 1.82) is 0 Å². The first-order valence-electron chi connectivity index (χ1n) is 10.3. The summed E-state index contributed by atoms with van der Waals surface area (Å²) in [6, 6.07) is 16.4. The highest BCUT2D eigenvalue weighted by Gasteiger charge is 2.13. The second kappa shape index (κ2) is 9.82. The van der Waals surface area contributed by atoms with Crippen LogP contribution in [0.5, 0.6) is 11.5 Å². The third kappa shape index (κ3) is 5.11. The van der Waals surface area contributed by atoms with Crippen molar-refractivity contribution in [1.82, 2.24) is 20.2 Å². The predicted molar refractivity (Wildman–Crippen MR) is 117 cm³/mol. The molecular weight excluding hydrogens is 378 g/mol. The lowest BCUT2D eigenvalue weighted by molar-refractivity contribution is 0.174. The summed E-state index contributed by atoms with van der Waals surface area (Å²) in [7, 11) is 0. The number of rotatable bonds is 8. The quantitative estimate of drug-likeness (QED) is 0.445. The Morgan fingerprint density at radius 2 is 1.93 bits per heavy atom. The first kappa shape index (κ1) is 19.8. The highest BCUT2D eigenvalue weighted by atomic mass is 16.7. The highest BCUT2D eigenvalue weighted by Crippen LogP contribution is 2.32. The van der Waals surface area contributed by atoms with Crippen molar-refractivity contribution >= 4 is 5.96 Å². The van der Waals surface area contributed by atoms with Crippen LogP contribution in [-0.4, -0.2) is 35.4 Å². The molecule has 0 amide bonds. The zero-order valence-electron chi connectivity index (χ0n) is 17.2. The van der Waals surface area contributed by atoms with Crippen molar-refractivity contribution in [3.05, 3.63) is 77.9 Å². The van der Waals surface area contributed by atoms with Gasteiger partial charge in [-0.1, -0.05) is 36.4 Å². The maximum atomic E-state index is 5.44. The second-order valence-electron chi connectivity index (χ2n) is 7.02. The minimum Gasteiger partial charge on any atom is -0.454 e. The minimum absolute atomic E-state index is 0.284. The largest absolute Gasteiger partial charge is 0.454 e. The molecule has 0 fully saturated rings. The first-order chi connectivity index (χ1) is 14.8. The summed E-state index contributed by atoms with van der Waals surface area (Å²) in [6.45, 7) is 5.29. The van der Waals surface area contributed by atoms with Crippen LogP contribution in [0.2, 0.25) is 0 Å². The van der Waals surface area contributed by atoms with Crippen LogP contribution < -0.4 is 20.1 Å². The van der Waals surface area contributed by atoms with Crippen LogP contribution in [-0.2, 0) is 19.5 Å². The molecule has 0 radical (unpaired) electrons. The Balaban J connectivity index is 1.32. The zero-order chi connectivity index (χ0) is 20.6. The topological polar surface area (TPSA) is 72.7 Å². The summed E-state index contributed by atoms with van der Waals surface area (Å²) < 4.78 is 13.0. The fourth-order valence-corrected chi connectivity index (χ4v) is 3.34. The van der Waals surface area contributed by atoms with Crippen LogP contribution in [0.3, 0.4) is 0 Å². The van der Waals surface area contributed by atoms with Gasteiger partial charge in [-0.3, -0.25) is 0 Å². The number of imidazole rings is 1. The molecule has 2 N–H and O–H groups in total. The van der Waals surface area contributed by atoms with Gasteiger partial charge in [0.05, 0.1) is 6.54 Å². The van der Waals surface area contributed by atoms with E-state index in [2.05, 4.69) is 56.4 Å². The molecule has 30 heavy (non-hydrogen) atoms. The van der Waals surface area contributed by atoms with Crippen molar-refractivity contribution in [2.75, 3.05) is 19.9 Å². The van der Waals surface area contributed by atoms with Gasteiger partial charge in [-0.05, 0) is 30.2 Å². The third-order valence-electron chi connectivity index (χ3n) is 4.84. The van der Waals surface area contributed by atoms with Crippen molar-refractivity contribution in [3.63, 3.8) is 0 Å².